The van der Waals surface area contributed by atoms with E-state index in [-0.39, 0.29) is 18.0 Å². The van der Waals surface area contributed by atoms with Crippen molar-refractivity contribution in [3.63, 3.8) is 0 Å². The summed E-state index contributed by atoms with van der Waals surface area (Å²) in [5.74, 6) is -0.465. The maximum atomic E-state index is 12.7. The second kappa shape index (κ2) is 7.63. The highest BCUT2D eigenvalue weighted by Gasteiger charge is 2.13. The molecule has 0 radical (unpaired) electrons. The molecule has 0 N–H and O–H groups in total. The molecule has 0 atom stereocenters. The van der Waals surface area contributed by atoms with Crippen LogP contribution in [0.4, 0.5) is 0 Å². The summed E-state index contributed by atoms with van der Waals surface area (Å²) in [7, 11) is 1.71. The molecule has 5 rings (SSSR count). The van der Waals surface area contributed by atoms with Gasteiger partial charge in [-0.25, -0.2) is 14.8 Å². The number of rotatable bonds is 5. The fourth-order valence-electron chi connectivity index (χ4n) is 3.64. The highest BCUT2D eigenvalue weighted by atomic mass is 16.4. The molecule has 3 heterocycles. The Morgan fingerprint density at radius 2 is 1.88 bits per heavy atom. The van der Waals surface area contributed by atoms with Crippen molar-refractivity contribution < 1.29 is 4.42 Å². The molecule has 0 saturated heterocycles. The average molecular weight is 427 g/mol. The van der Waals surface area contributed by atoms with E-state index in [0.29, 0.717) is 29.7 Å². The summed E-state index contributed by atoms with van der Waals surface area (Å²) in [6.07, 6.45) is 3.44. The lowest BCUT2D eigenvalue weighted by Crippen LogP contribution is -2.22. The van der Waals surface area contributed by atoms with Crippen LogP contribution in [0.1, 0.15) is 17.0 Å². The van der Waals surface area contributed by atoms with E-state index in [9.17, 15) is 9.59 Å². The predicted octanol–water partition coefficient (Wildman–Crippen LogP) is 1.60. The fraction of sp³-hybridized carbons (Fsp3) is 0.182. The number of nitrogens with zero attached hydrogens (tertiary/aromatic N) is 7. The third-order valence-corrected chi connectivity index (χ3v) is 5.30. The molecule has 10 heteroatoms. The van der Waals surface area contributed by atoms with Crippen molar-refractivity contribution >= 4 is 21.9 Å². The van der Waals surface area contributed by atoms with Gasteiger partial charge in [-0.2, -0.15) is 9.94 Å². The summed E-state index contributed by atoms with van der Waals surface area (Å²) in [6, 6.07) is 13.6. The largest absolute Gasteiger partial charge is 0.437 e. The molecule has 10 nitrogen and oxygen atoms in total. The molecule has 0 aliphatic carbocycles. The van der Waals surface area contributed by atoms with Crippen molar-refractivity contribution in [2.24, 2.45) is 7.05 Å². The van der Waals surface area contributed by atoms with Gasteiger partial charge in [0, 0.05) is 7.05 Å². The zero-order valence-electron chi connectivity index (χ0n) is 17.1. The molecule has 0 saturated carbocycles. The van der Waals surface area contributed by atoms with Gasteiger partial charge in [0.05, 0.1) is 24.5 Å². The van der Waals surface area contributed by atoms with Crippen molar-refractivity contribution in [1.29, 1.82) is 5.26 Å². The summed E-state index contributed by atoms with van der Waals surface area (Å²) in [5, 5.41) is 15.3. The van der Waals surface area contributed by atoms with E-state index >= 15 is 0 Å². The SMILES string of the molecule is Cn1cnc2ncn(Cc3nn(CCc4ccc5ccc(C#N)cc5c4)c(=O)o3)c(=O)c21. The predicted molar refractivity (Wildman–Crippen MR) is 115 cm³/mol. The number of nitriles is 1. The van der Waals surface area contributed by atoms with Gasteiger partial charge in [-0.1, -0.05) is 24.3 Å². The molecule has 0 bridgehead atoms. The van der Waals surface area contributed by atoms with Crippen LogP contribution in [-0.4, -0.2) is 28.9 Å². The van der Waals surface area contributed by atoms with Crippen molar-refractivity contribution in [2.75, 3.05) is 0 Å². The summed E-state index contributed by atoms with van der Waals surface area (Å²) in [6.45, 7) is 0.307. The third-order valence-electron chi connectivity index (χ3n) is 5.30. The van der Waals surface area contributed by atoms with E-state index in [0.717, 1.165) is 16.3 Å². The van der Waals surface area contributed by atoms with Gasteiger partial charge in [-0.3, -0.25) is 9.36 Å². The molecule has 0 amide bonds. The smallest absolute Gasteiger partial charge is 0.390 e. The monoisotopic (exact) mass is 427 g/mol. The van der Waals surface area contributed by atoms with Gasteiger partial charge in [-0.05, 0) is 34.9 Å². The highest BCUT2D eigenvalue weighted by molar-refractivity contribution is 5.84. The van der Waals surface area contributed by atoms with Crippen LogP contribution in [0.25, 0.3) is 21.9 Å². The Labute approximate surface area is 180 Å². The summed E-state index contributed by atoms with van der Waals surface area (Å²) in [4.78, 5) is 33.1. The van der Waals surface area contributed by atoms with Gasteiger partial charge in [0.2, 0.25) is 5.89 Å². The summed E-state index contributed by atoms with van der Waals surface area (Å²) >= 11 is 0. The van der Waals surface area contributed by atoms with Gasteiger partial charge >= 0.3 is 5.76 Å². The number of imidazole rings is 1. The van der Waals surface area contributed by atoms with Gasteiger partial charge < -0.3 is 8.98 Å². The van der Waals surface area contributed by atoms with Crippen LogP contribution in [0.5, 0.6) is 0 Å². The first-order chi connectivity index (χ1) is 15.5. The lowest BCUT2D eigenvalue weighted by Gasteiger charge is -2.04. The second-order valence-corrected chi connectivity index (χ2v) is 7.45. The van der Waals surface area contributed by atoms with Crippen LogP contribution in [0.3, 0.4) is 0 Å². The number of aromatic nitrogens is 6. The fourth-order valence-corrected chi connectivity index (χ4v) is 3.64. The minimum atomic E-state index is -0.588. The molecule has 5 aromatic rings. The van der Waals surface area contributed by atoms with Crippen LogP contribution >= 0.6 is 0 Å². The number of benzene rings is 2. The van der Waals surface area contributed by atoms with Crippen molar-refractivity contribution in [2.45, 2.75) is 19.5 Å². The molecular formula is C22H17N7O3. The molecule has 0 spiro atoms. The Bertz CT molecular complexity index is 1630. The van der Waals surface area contributed by atoms with Crippen LogP contribution in [0, 0.1) is 11.3 Å². The Kier molecular flexibility index (Phi) is 4.63. The summed E-state index contributed by atoms with van der Waals surface area (Å²) in [5.41, 5.74) is 2.04. The topological polar surface area (TPSA) is 125 Å². The Hall–Kier alpha value is -4.52. The zero-order chi connectivity index (χ0) is 22.2. The van der Waals surface area contributed by atoms with Crippen LogP contribution in [-0.2, 0) is 26.6 Å². The molecule has 2 aromatic carbocycles. The normalized spacial score (nSPS) is 11.2. The minimum absolute atomic E-state index is 0.0118. The molecule has 3 aromatic heterocycles. The number of aryl methyl sites for hydroxylation is 3. The van der Waals surface area contributed by atoms with Crippen LogP contribution in [0.2, 0.25) is 0 Å². The third kappa shape index (κ3) is 3.45. The molecule has 0 fully saturated rings. The first-order valence-electron chi connectivity index (χ1n) is 9.88. The quantitative estimate of drug-likeness (QED) is 0.417. The standard InChI is InChI=1S/C22H17N7O3/c1-27-12-24-20-19(27)21(30)28(13-25-20)11-18-26-29(22(31)32-18)7-6-14-2-4-16-5-3-15(10-23)9-17(16)8-14/h2-5,8-9,12-13H,6-7,11H2,1H3. The Balaban J connectivity index is 1.35. The van der Waals surface area contributed by atoms with Gasteiger partial charge in [-0.15, -0.1) is 5.10 Å². The average Bonchev–Trinajstić information content (AvgIpc) is 3.35. The van der Waals surface area contributed by atoms with Crippen molar-refractivity contribution in [1.82, 2.24) is 28.9 Å². The minimum Gasteiger partial charge on any atom is -0.390 e. The zero-order valence-corrected chi connectivity index (χ0v) is 17.1. The van der Waals surface area contributed by atoms with Gasteiger partial charge in [0.25, 0.3) is 5.56 Å². The van der Waals surface area contributed by atoms with E-state index < -0.39 is 5.76 Å². The first kappa shape index (κ1) is 19.4. The van der Waals surface area contributed by atoms with E-state index in [1.807, 2.05) is 30.3 Å². The number of fused-ring (bicyclic) bond motifs is 2. The van der Waals surface area contributed by atoms with E-state index in [2.05, 4.69) is 21.1 Å². The van der Waals surface area contributed by atoms with Crippen LogP contribution < -0.4 is 11.3 Å². The molecule has 32 heavy (non-hydrogen) atoms. The van der Waals surface area contributed by atoms with E-state index in [1.165, 1.54) is 21.9 Å². The lowest BCUT2D eigenvalue weighted by molar-refractivity contribution is 0.434. The van der Waals surface area contributed by atoms with Crippen molar-refractivity contribution in [3.05, 3.63) is 87.0 Å². The second-order valence-electron chi connectivity index (χ2n) is 7.45. The highest BCUT2D eigenvalue weighted by Crippen LogP contribution is 2.18. The maximum Gasteiger partial charge on any atom is 0.437 e. The molecule has 0 aliphatic rings. The molecule has 0 unspecified atom stereocenters. The van der Waals surface area contributed by atoms with Gasteiger partial charge in [0.15, 0.2) is 11.2 Å². The first-order valence-corrected chi connectivity index (χ1v) is 9.88. The van der Waals surface area contributed by atoms with E-state index in [1.54, 1.807) is 17.7 Å². The van der Waals surface area contributed by atoms with E-state index in [4.69, 9.17) is 9.68 Å². The van der Waals surface area contributed by atoms with Crippen molar-refractivity contribution in [3.8, 4) is 6.07 Å². The van der Waals surface area contributed by atoms with Crippen LogP contribution in [0.15, 0.2) is 63.1 Å². The molecule has 0 aliphatic heterocycles. The summed E-state index contributed by atoms with van der Waals surface area (Å²) < 4.78 is 9.40. The molecule has 158 valence electrons. The number of hydrogen-bond donors (Lipinski definition) is 0. The number of hydrogen-bond acceptors (Lipinski definition) is 7. The maximum absolute atomic E-state index is 12.7. The molecular weight excluding hydrogens is 410 g/mol. The van der Waals surface area contributed by atoms with Gasteiger partial charge in [0.1, 0.15) is 12.9 Å². The Morgan fingerprint density at radius 3 is 2.72 bits per heavy atom. The Morgan fingerprint density at radius 1 is 1.06 bits per heavy atom. The lowest BCUT2D eigenvalue weighted by atomic mass is 10.0.